The van der Waals surface area contributed by atoms with E-state index in [1.165, 1.54) is 8.61 Å². The van der Waals surface area contributed by atoms with E-state index in [0.717, 1.165) is 29.3 Å². The number of nitrogens with zero attached hydrogens (tertiary/aromatic N) is 3. The molecule has 1 amide bonds. The van der Waals surface area contributed by atoms with Crippen molar-refractivity contribution in [1.29, 1.82) is 5.26 Å². The number of rotatable bonds is 4. The number of primary amides is 1. The van der Waals surface area contributed by atoms with Crippen LogP contribution in [0.1, 0.15) is 49.1 Å². The fourth-order valence-electron chi connectivity index (χ4n) is 4.56. The summed E-state index contributed by atoms with van der Waals surface area (Å²) in [7, 11) is -3.71. The van der Waals surface area contributed by atoms with Crippen molar-refractivity contribution in [2.45, 2.75) is 44.1 Å². The van der Waals surface area contributed by atoms with Crippen LogP contribution in [-0.4, -0.2) is 53.6 Å². The topological polar surface area (TPSA) is 123 Å². The summed E-state index contributed by atoms with van der Waals surface area (Å²) in [5, 5.41) is 10.2. The zero-order valence-electron chi connectivity index (χ0n) is 16.2. The Hall–Kier alpha value is -2.41. The summed E-state index contributed by atoms with van der Waals surface area (Å²) in [5.74, 6) is -0.354. The molecular weight excluding hydrogens is 390 g/mol. The number of hydrogen-bond acceptors (Lipinski definition) is 4. The summed E-state index contributed by atoms with van der Waals surface area (Å²) >= 11 is 0. The fourth-order valence-corrected chi connectivity index (χ4v) is 6.42. The molecule has 0 saturated carbocycles. The first kappa shape index (κ1) is 19.9. The highest BCUT2D eigenvalue weighted by atomic mass is 32.2. The van der Waals surface area contributed by atoms with Crippen molar-refractivity contribution in [1.82, 2.24) is 13.6 Å². The zero-order chi connectivity index (χ0) is 20.6. The van der Waals surface area contributed by atoms with E-state index in [2.05, 4.69) is 11.1 Å². The summed E-state index contributed by atoms with van der Waals surface area (Å²) in [6.45, 7) is 1.15. The quantitative estimate of drug-likeness (QED) is 0.790. The second-order valence-electron chi connectivity index (χ2n) is 7.82. The van der Waals surface area contributed by atoms with Crippen LogP contribution in [0, 0.1) is 11.3 Å². The summed E-state index contributed by atoms with van der Waals surface area (Å²) in [6, 6.07) is 6.99. The van der Waals surface area contributed by atoms with Gasteiger partial charge in [0, 0.05) is 36.7 Å². The van der Waals surface area contributed by atoms with E-state index >= 15 is 0 Å². The molecule has 1 atom stereocenters. The summed E-state index contributed by atoms with van der Waals surface area (Å²) in [5.41, 5.74) is 8.17. The average molecular weight is 416 g/mol. The first-order valence-electron chi connectivity index (χ1n) is 9.99. The second-order valence-corrected chi connectivity index (χ2v) is 9.70. The van der Waals surface area contributed by atoms with Gasteiger partial charge >= 0.3 is 0 Å². The Labute approximate surface area is 170 Å². The molecule has 3 heterocycles. The van der Waals surface area contributed by atoms with Gasteiger partial charge in [-0.2, -0.15) is 22.3 Å². The minimum atomic E-state index is -3.71. The number of aromatic amines is 1. The molecule has 3 N–H and O–H groups in total. The summed E-state index contributed by atoms with van der Waals surface area (Å²) in [6.07, 6.45) is 5.40. The Morgan fingerprint density at radius 1 is 1.17 bits per heavy atom. The van der Waals surface area contributed by atoms with Crippen LogP contribution >= 0.6 is 0 Å². The molecule has 2 aliphatic heterocycles. The molecule has 9 heteroatoms. The molecule has 8 nitrogen and oxygen atoms in total. The van der Waals surface area contributed by atoms with Crippen molar-refractivity contribution in [3.8, 4) is 6.07 Å². The molecule has 0 radical (unpaired) electrons. The maximum atomic E-state index is 13.1. The molecule has 0 spiro atoms. The smallest absolute Gasteiger partial charge is 0.282 e. The van der Waals surface area contributed by atoms with Gasteiger partial charge in [0.05, 0.1) is 11.6 Å². The second kappa shape index (κ2) is 7.78. The lowest BCUT2D eigenvalue weighted by atomic mass is 9.90. The number of fused-ring (bicyclic) bond motifs is 1. The number of carbonyl (C=O) groups is 1. The molecule has 154 valence electrons. The number of H-pyrrole nitrogens is 1. The van der Waals surface area contributed by atoms with Crippen molar-refractivity contribution in [3.05, 3.63) is 35.5 Å². The lowest BCUT2D eigenvalue weighted by molar-refractivity contribution is -0.122. The van der Waals surface area contributed by atoms with Gasteiger partial charge in [0.25, 0.3) is 10.2 Å². The van der Waals surface area contributed by atoms with Crippen LogP contribution in [-0.2, 0) is 15.0 Å². The lowest BCUT2D eigenvalue weighted by Crippen LogP contribution is -2.56. The number of nitrogens with two attached hydrogens (primary N) is 1. The highest BCUT2D eigenvalue weighted by Crippen LogP contribution is 2.35. The number of nitriles is 1. The Morgan fingerprint density at radius 2 is 1.93 bits per heavy atom. The first-order chi connectivity index (χ1) is 13.9. The molecule has 0 bridgehead atoms. The van der Waals surface area contributed by atoms with Gasteiger partial charge in [-0.15, -0.1) is 0 Å². The van der Waals surface area contributed by atoms with Crippen molar-refractivity contribution >= 4 is 27.0 Å². The summed E-state index contributed by atoms with van der Waals surface area (Å²) < 4.78 is 29.1. The van der Waals surface area contributed by atoms with Crippen LogP contribution in [0.2, 0.25) is 0 Å². The van der Waals surface area contributed by atoms with E-state index in [4.69, 9.17) is 5.73 Å². The van der Waals surface area contributed by atoms with Crippen molar-refractivity contribution in [3.63, 3.8) is 0 Å². The third-order valence-electron chi connectivity index (χ3n) is 6.14. The van der Waals surface area contributed by atoms with Gasteiger partial charge in [0.2, 0.25) is 5.91 Å². The predicted octanol–water partition coefficient (Wildman–Crippen LogP) is 1.80. The SMILES string of the molecule is N#Cc1ccc2[nH]cc(C3CCN(S(=O)(=O)N4CCCC[C@@H]4C(N)=O)CC3)c2c1. The average Bonchev–Trinajstić information content (AvgIpc) is 3.17. The normalized spacial score (nSPS) is 22.5. The van der Waals surface area contributed by atoms with Crippen LogP contribution in [0.4, 0.5) is 0 Å². The van der Waals surface area contributed by atoms with Crippen molar-refractivity contribution < 1.29 is 13.2 Å². The Morgan fingerprint density at radius 3 is 2.62 bits per heavy atom. The zero-order valence-corrected chi connectivity index (χ0v) is 17.0. The van der Waals surface area contributed by atoms with Gasteiger partial charge in [0.15, 0.2) is 0 Å². The third kappa shape index (κ3) is 3.64. The monoisotopic (exact) mass is 415 g/mol. The number of benzene rings is 1. The molecule has 2 aromatic rings. The molecular formula is C20H25N5O3S. The molecule has 1 aromatic carbocycles. The molecule has 2 aliphatic rings. The number of aromatic nitrogens is 1. The molecule has 29 heavy (non-hydrogen) atoms. The first-order valence-corrected chi connectivity index (χ1v) is 11.4. The Balaban J connectivity index is 1.51. The maximum Gasteiger partial charge on any atom is 0.282 e. The van der Waals surface area contributed by atoms with Crippen molar-refractivity contribution in [2.75, 3.05) is 19.6 Å². The lowest BCUT2D eigenvalue weighted by Gasteiger charge is -2.39. The van der Waals surface area contributed by atoms with Crippen LogP contribution in [0.3, 0.4) is 0 Å². The standard InChI is InChI=1S/C20H25N5O3S/c21-12-14-4-5-18-16(11-14)17(13-23-18)15-6-9-24(10-7-15)29(27,28)25-8-2-1-3-19(25)20(22)26/h4-5,11,13,15,19,23H,1-3,6-10H2,(H2,22,26)/t19-/m1/s1. The minimum absolute atomic E-state index is 0.220. The Bertz CT molecular complexity index is 1060. The van der Waals surface area contributed by atoms with Gasteiger partial charge in [-0.25, -0.2) is 0 Å². The number of amides is 1. The number of carbonyl (C=O) groups excluding carboxylic acids is 1. The van der Waals surface area contributed by atoms with Crippen LogP contribution in [0.25, 0.3) is 10.9 Å². The van der Waals surface area contributed by atoms with E-state index in [9.17, 15) is 18.5 Å². The molecule has 1 aromatic heterocycles. The van der Waals surface area contributed by atoms with Crippen LogP contribution in [0.5, 0.6) is 0 Å². The van der Waals surface area contributed by atoms with E-state index in [0.29, 0.717) is 44.5 Å². The molecule has 2 fully saturated rings. The predicted molar refractivity (Wildman–Crippen MR) is 109 cm³/mol. The van der Waals surface area contributed by atoms with Gasteiger partial charge in [-0.05, 0) is 55.4 Å². The van der Waals surface area contributed by atoms with Crippen LogP contribution in [0.15, 0.2) is 24.4 Å². The van der Waals surface area contributed by atoms with Gasteiger partial charge in [-0.1, -0.05) is 6.42 Å². The molecule has 0 unspecified atom stereocenters. The number of piperidine rings is 2. The van der Waals surface area contributed by atoms with Crippen LogP contribution < -0.4 is 5.73 Å². The molecule has 4 rings (SSSR count). The van der Waals surface area contributed by atoms with E-state index in [-0.39, 0.29) is 5.92 Å². The van der Waals surface area contributed by atoms with Gasteiger partial charge in [-0.3, -0.25) is 4.79 Å². The van der Waals surface area contributed by atoms with Gasteiger partial charge in [0.1, 0.15) is 6.04 Å². The highest BCUT2D eigenvalue weighted by molar-refractivity contribution is 7.86. The third-order valence-corrected chi connectivity index (χ3v) is 8.19. The van der Waals surface area contributed by atoms with E-state index in [1.54, 1.807) is 6.07 Å². The maximum absolute atomic E-state index is 13.1. The highest BCUT2D eigenvalue weighted by Gasteiger charge is 2.40. The number of nitrogens with one attached hydrogen (secondary N) is 1. The fraction of sp³-hybridized carbons (Fsp3) is 0.500. The molecule has 0 aliphatic carbocycles. The minimum Gasteiger partial charge on any atom is -0.368 e. The molecule has 2 saturated heterocycles. The summed E-state index contributed by atoms with van der Waals surface area (Å²) in [4.78, 5) is 15.0. The van der Waals surface area contributed by atoms with E-state index in [1.807, 2.05) is 18.3 Å². The van der Waals surface area contributed by atoms with Gasteiger partial charge < -0.3 is 10.7 Å². The van der Waals surface area contributed by atoms with Crippen molar-refractivity contribution in [2.24, 2.45) is 5.73 Å². The largest absolute Gasteiger partial charge is 0.368 e. The number of hydrogen-bond donors (Lipinski definition) is 2. The Kier molecular flexibility index (Phi) is 5.34. The van der Waals surface area contributed by atoms with E-state index < -0.39 is 22.2 Å².